The molecule has 0 saturated carbocycles. The van der Waals surface area contributed by atoms with Gasteiger partial charge in [-0.3, -0.25) is 0 Å². The molecular formula is C19H20ClN3O3S2. The summed E-state index contributed by atoms with van der Waals surface area (Å²) in [6.07, 6.45) is 0.914. The average Bonchev–Trinajstić information content (AvgIpc) is 3.14. The van der Waals surface area contributed by atoms with Gasteiger partial charge in [-0.25, -0.2) is 8.42 Å². The lowest BCUT2D eigenvalue weighted by atomic mass is 10.2. The molecule has 9 heteroatoms. The molecule has 0 amide bonds. The SMILES string of the molecule is O=S(=O)(c1ccc(Cl)c(NC(=S)N2CCc3ccccc32)c1)N1CCOCC1. The number of halogens is 1. The highest BCUT2D eigenvalue weighted by atomic mass is 35.5. The zero-order chi connectivity index (χ0) is 19.7. The van der Waals surface area contributed by atoms with Crippen LogP contribution in [-0.4, -0.2) is 50.7 Å². The number of fused-ring (bicyclic) bond motifs is 1. The van der Waals surface area contributed by atoms with Crippen molar-refractivity contribution in [2.45, 2.75) is 11.3 Å². The summed E-state index contributed by atoms with van der Waals surface area (Å²) in [4.78, 5) is 2.19. The van der Waals surface area contributed by atoms with E-state index in [-0.39, 0.29) is 4.90 Å². The van der Waals surface area contributed by atoms with Gasteiger partial charge in [0.15, 0.2) is 5.11 Å². The molecule has 2 aliphatic rings. The van der Waals surface area contributed by atoms with Crippen molar-refractivity contribution in [1.29, 1.82) is 0 Å². The van der Waals surface area contributed by atoms with Crippen molar-refractivity contribution in [2.75, 3.05) is 43.1 Å². The minimum atomic E-state index is -3.61. The van der Waals surface area contributed by atoms with Gasteiger partial charge in [-0.2, -0.15) is 4.31 Å². The van der Waals surface area contributed by atoms with E-state index in [2.05, 4.69) is 11.4 Å². The van der Waals surface area contributed by atoms with Gasteiger partial charge in [0.05, 0.1) is 28.8 Å². The maximum absolute atomic E-state index is 12.9. The van der Waals surface area contributed by atoms with Crippen LogP contribution in [0.3, 0.4) is 0 Å². The van der Waals surface area contributed by atoms with Gasteiger partial charge < -0.3 is 15.0 Å². The van der Waals surface area contributed by atoms with E-state index in [4.69, 9.17) is 28.6 Å². The molecular weight excluding hydrogens is 418 g/mol. The number of benzene rings is 2. The Kier molecular flexibility index (Phi) is 5.57. The highest BCUT2D eigenvalue weighted by Crippen LogP contribution is 2.31. The first-order chi connectivity index (χ1) is 13.5. The summed E-state index contributed by atoms with van der Waals surface area (Å²) in [7, 11) is -3.61. The molecule has 1 saturated heterocycles. The first kappa shape index (κ1) is 19.6. The van der Waals surface area contributed by atoms with Crippen LogP contribution in [0.4, 0.5) is 11.4 Å². The van der Waals surface area contributed by atoms with Crippen molar-refractivity contribution in [3.05, 3.63) is 53.1 Å². The molecule has 0 radical (unpaired) electrons. The van der Waals surface area contributed by atoms with Gasteiger partial charge in [0, 0.05) is 25.3 Å². The third-order valence-corrected chi connectivity index (χ3v) is 7.47. The predicted octanol–water partition coefficient (Wildman–Crippen LogP) is 3.12. The highest BCUT2D eigenvalue weighted by molar-refractivity contribution is 7.89. The van der Waals surface area contributed by atoms with E-state index in [1.807, 2.05) is 23.1 Å². The second-order valence-corrected chi connectivity index (χ2v) is 9.35. The van der Waals surface area contributed by atoms with Gasteiger partial charge >= 0.3 is 0 Å². The summed E-state index contributed by atoms with van der Waals surface area (Å²) in [6.45, 7) is 2.26. The Hall–Kier alpha value is -1.71. The molecule has 0 bridgehead atoms. The van der Waals surface area contributed by atoms with Crippen molar-refractivity contribution in [1.82, 2.24) is 4.31 Å². The fraction of sp³-hybridized carbons (Fsp3) is 0.316. The molecule has 0 aliphatic carbocycles. The second-order valence-electron chi connectivity index (χ2n) is 6.62. The lowest BCUT2D eigenvalue weighted by molar-refractivity contribution is 0.0730. The molecule has 0 unspecified atom stereocenters. The van der Waals surface area contributed by atoms with Gasteiger partial charge in [0.2, 0.25) is 10.0 Å². The summed E-state index contributed by atoms with van der Waals surface area (Å²) in [6, 6.07) is 12.7. The van der Waals surface area contributed by atoms with Gasteiger partial charge in [0.1, 0.15) is 0 Å². The van der Waals surface area contributed by atoms with Crippen molar-refractivity contribution in [3.63, 3.8) is 0 Å². The first-order valence-corrected chi connectivity index (χ1v) is 11.2. The van der Waals surface area contributed by atoms with E-state index in [1.165, 1.54) is 15.9 Å². The van der Waals surface area contributed by atoms with Crippen molar-refractivity contribution < 1.29 is 13.2 Å². The van der Waals surface area contributed by atoms with Crippen molar-refractivity contribution >= 4 is 50.3 Å². The third kappa shape index (κ3) is 3.75. The maximum atomic E-state index is 12.9. The molecule has 1 N–H and O–H groups in total. The molecule has 1 fully saturated rings. The minimum absolute atomic E-state index is 0.186. The number of hydrogen-bond acceptors (Lipinski definition) is 4. The predicted molar refractivity (Wildman–Crippen MR) is 115 cm³/mol. The second kappa shape index (κ2) is 7.96. The highest BCUT2D eigenvalue weighted by Gasteiger charge is 2.27. The lowest BCUT2D eigenvalue weighted by Crippen LogP contribution is -2.40. The number of rotatable bonds is 3. The van der Waals surface area contributed by atoms with Crippen molar-refractivity contribution in [2.24, 2.45) is 0 Å². The summed E-state index contributed by atoms with van der Waals surface area (Å²) in [5, 5.41) is 4.03. The van der Waals surface area contributed by atoms with Gasteiger partial charge in [0.25, 0.3) is 0 Å². The lowest BCUT2D eigenvalue weighted by Gasteiger charge is -2.26. The van der Waals surface area contributed by atoms with E-state index in [9.17, 15) is 8.42 Å². The van der Waals surface area contributed by atoms with E-state index in [1.54, 1.807) is 12.1 Å². The molecule has 2 aliphatic heterocycles. The fourth-order valence-corrected chi connectivity index (χ4v) is 5.33. The van der Waals surface area contributed by atoms with Crippen LogP contribution in [0.2, 0.25) is 5.02 Å². The number of anilines is 2. The van der Waals surface area contributed by atoms with E-state index in [0.29, 0.717) is 42.1 Å². The number of nitrogens with zero attached hydrogens (tertiary/aromatic N) is 2. The monoisotopic (exact) mass is 437 g/mol. The third-order valence-electron chi connectivity index (χ3n) is 4.92. The minimum Gasteiger partial charge on any atom is -0.379 e. The molecule has 6 nitrogen and oxygen atoms in total. The molecule has 2 aromatic carbocycles. The zero-order valence-electron chi connectivity index (χ0n) is 15.1. The van der Waals surface area contributed by atoms with Crippen LogP contribution in [0.1, 0.15) is 5.56 Å². The molecule has 28 heavy (non-hydrogen) atoms. The number of sulfonamides is 1. The van der Waals surface area contributed by atoms with Crippen LogP contribution in [0.15, 0.2) is 47.4 Å². The van der Waals surface area contributed by atoms with Gasteiger partial charge in [-0.05, 0) is 48.5 Å². The number of hydrogen-bond donors (Lipinski definition) is 1. The van der Waals surface area contributed by atoms with E-state index < -0.39 is 10.0 Å². The maximum Gasteiger partial charge on any atom is 0.243 e. The Balaban J connectivity index is 1.57. The first-order valence-electron chi connectivity index (χ1n) is 9.01. The number of ether oxygens (including phenoxy) is 1. The number of morpholine rings is 1. The van der Waals surface area contributed by atoms with E-state index >= 15 is 0 Å². The Labute approximate surface area is 175 Å². The Morgan fingerprint density at radius 3 is 2.64 bits per heavy atom. The molecule has 2 aromatic rings. The fourth-order valence-electron chi connectivity index (χ4n) is 3.43. The normalized spacial score (nSPS) is 17.4. The topological polar surface area (TPSA) is 61.9 Å². The molecule has 4 rings (SSSR count). The van der Waals surface area contributed by atoms with Crippen molar-refractivity contribution in [3.8, 4) is 0 Å². The smallest absolute Gasteiger partial charge is 0.243 e. The van der Waals surface area contributed by atoms with Crippen LogP contribution >= 0.6 is 23.8 Å². The number of nitrogens with one attached hydrogen (secondary N) is 1. The molecule has 2 heterocycles. The summed E-state index contributed by atoms with van der Waals surface area (Å²) < 4.78 is 32.5. The van der Waals surface area contributed by atoms with Crippen LogP contribution in [0, 0.1) is 0 Å². The standard InChI is InChI=1S/C19H20ClN3O3S2/c20-16-6-5-15(28(24,25)22-9-11-26-12-10-22)13-17(16)21-19(27)23-8-7-14-3-1-2-4-18(14)23/h1-6,13H,7-12H2,(H,21,27). The van der Waals surface area contributed by atoms with E-state index in [0.717, 1.165) is 18.7 Å². The van der Waals surface area contributed by atoms with Gasteiger partial charge in [-0.15, -0.1) is 0 Å². The molecule has 0 spiro atoms. The Bertz CT molecular complexity index is 1010. The summed E-state index contributed by atoms with van der Waals surface area (Å²) >= 11 is 11.9. The van der Waals surface area contributed by atoms with Crippen LogP contribution in [0.5, 0.6) is 0 Å². The Morgan fingerprint density at radius 1 is 1.11 bits per heavy atom. The quantitative estimate of drug-likeness (QED) is 0.744. The number of thiocarbonyl (C=S) groups is 1. The summed E-state index contributed by atoms with van der Waals surface area (Å²) in [5.41, 5.74) is 2.78. The molecule has 0 atom stereocenters. The Morgan fingerprint density at radius 2 is 1.86 bits per heavy atom. The van der Waals surface area contributed by atoms with Crippen LogP contribution < -0.4 is 10.2 Å². The number of para-hydroxylation sites is 1. The van der Waals surface area contributed by atoms with Crippen LogP contribution in [-0.2, 0) is 21.2 Å². The molecule has 0 aromatic heterocycles. The average molecular weight is 438 g/mol. The zero-order valence-corrected chi connectivity index (χ0v) is 17.5. The summed E-state index contributed by atoms with van der Waals surface area (Å²) in [5.74, 6) is 0. The van der Waals surface area contributed by atoms with Crippen LogP contribution in [0.25, 0.3) is 0 Å². The molecule has 148 valence electrons. The van der Waals surface area contributed by atoms with Gasteiger partial charge in [-0.1, -0.05) is 29.8 Å². The largest absolute Gasteiger partial charge is 0.379 e.